The SMILES string of the molecule is C=CC(=O)OCCCOc1ccc(-c2cc(F)c(-c3ccc(OCCCOC(=O)C=C)cc3)c(F)c2)cc1. The minimum Gasteiger partial charge on any atom is -0.493 e. The van der Waals surface area contributed by atoms with Gasteiger partial charge in [-0.25, -0.2) is 18.4 Å². The van der Waals surface area contributed by atoms with Crippen LogP contribution in [0.1, 0.15) is 12.8 Å². The Morgan fingerprint density at radius 1 is 0.632 bits per heavy atom. The molecule has 0 amide bonds. The van der Waals surface area contributed by atoms with Crippen molar-refractivity contribution in [1.29, 1.82) is 0 Å². The Morgan fingerprint density at radius 2 is 1.05 bits per heavy atom. The monoisotopic (exact) mass is 522 g/mol. The number of carbonyl (C=O) groups excluding carboxylic acids is 2. The number of benzene rings is 3. The van der Waals surface area contributed by atoms with Gasteiger partial charge in [0.25, 0.3) is 0 Å². The molecule has 0 unspecified atom stereocenters. The number of esters is 2. The molecule has 0 N–H and O–H groups in total. The van der Waals surface area contributed by atoms with E-state index in [1.54, 1.807) is 48.5 Å². The summed E-state index contributed by atoms with van der Waals surface area (Å²) in [5.41, 5.74) is 1.27. The average molecular weight is 523 g/mol. The molecule has 3 rings (SSSR count). The van der Waals surface area contributed by atoms with Crippen molar-refractivity contribution in [2.24, 2.45) is 0 Å². The van der Waals surface area contributed by atoms with Crippen LogP contribution in [0.15, 0.2) is 86.0 Å². The molecule has 0 aliphatic rings. The smallest absolute Gasteiger partial charge is 0.330 e. The van der Waals surface area contributed by atoms with Gasteiger partial charge in [0.15, 0.2) is 0 Å². The van der Waals surface area contributed by atoms with Crippen LogP contribution >= 0.6 is 0 Å². The van der Waals surface area contributed by atoms with Gasteiger partial charge >= 0.3 is 11.9 Å². The number of halogens is 2. The van der Waals surface area contributed by atoms with E-state index < -0.39 is 23.6 Å². The van der Waals surface area contributed by atoms with Crippen LogP contribution in [0.5, 0.6) is 11.5 Å². The fraction of sp³-hybridized carbons (Fsp3) is 0.200. The van der Waals surface area contributed by atoms with Crippen molar-refractivity contribution >= 4 is 11.9 Å². The van der Waals surface area contributed by atoms with E-state index in [-0.39, 0.29) is 18.8 Å². The van der Waals surface area contributed by atoms with Gasteiger partial charge in [-0.15, -0.1) is 0 Å². The van der Waals surface area contributed by atoms with E-state index in [0.29, 0.717) is 54.2 Å². The number of carbonyl (C=O) groups is 2. The molecular weight excluding hydrogens is 494 g/mol. The summed E-state index contributed by atoms with van der Waals surface area (Å²) >= 11 is 0. The van der Waals surface area contributed by atoms with Gasteiger partial charge < -0.3 is 18.9 Å². The third-order valence-electron chi connectivity index (χ3n) is 5.31. The normalized spacial score (nSPS) is 10.4. The first-order valence-electron chi connectivity index (χ1n) is 11.9. The van der Waals surface area contributed by atoms with Gasteiger partial charge in [0, 0.05) is 25.0 Å². The fourth-order valence-corrected chi connectivity index (χ4v) is 3.44. The molecule has 198 valence electrons. The van der Waals surface area contributed by atoms with Crippen molar-refractivity contribution in [1.82, 2.24) is 0 Å². The Kier molecular flexibility index (Phi) is 10.6. The molecule has 3 aromatic carbocycles. The summed E-state index contributed by atoms with van der Waals surface area (Å²) in [6.45, 7) is 7.73. The second-order valence-corrected chi connectivity index (χ2v) is 8.01. The zero-order valence-corrected chi connectivity index (χ0v) is 20.8. The topological polar surface area (TPSA) is 71.1 Å². The van der Waals surface area contributed by atoms with Gasteiger partial charge in [0.05, 0.1) is 32.0 Å². The molecule has 3 aromatic rings. The minimum absolute atomic E-state index is 0.131. The van der Waals surface area contributed by atoms with Crippen LogP contribution in [0.25, 0.3) is 22.3 Å². The summed E-state index contributed by atoms with van der Waals surface area (Å²) in [4.78, 5) is 22.0. The largest absolute Gasteiger partial charge is 0.493 e. The van der Waals surface area contributed by atoms with Crippen LogP contribution in [-0.2, 0) is 19.1 Å². The van der Waals surface area contributed by atoms with E-state index in [9.17, 15) is 18.4 Å². The number of hydrogen-bond donors (Lipinski definition) is 0. The summed E-state index contributed by atoms with van der Waals surface area (Å²) in [5.74, 6) is -1.24. The molecule has 0 aliphatic carbocycles. The van der Waals surface area contributed by atoms with Crippen LogP contribution in [0.4, 0.5) is 8.78 Å². The van der Waals surface area contributed by atoms with Crippen LogP contribution < -0.4 is 9.47 Å². The molecule has 0 aromatic heterocycles. The van der Waals surface area contributed by atoms with Crippen LogP contribution in [0.2, 0.25) is 0 Å². The molecule has 6 nitrogen and oxygen atoms in total. The quantitative estimate of drug-likeness (QED) is 0.141. The maximum Gasteiger partial charge on any atom is 0.330 e. The molecule has 8 heteroatoms. The van der Waals surface area contributed by atoms with E-state index in [2.05, 4.69) is 13.2 Å². The van der Waals surface area contributed by atoms with Gasteiger partial charge in [-0.05, 0) is 53.1 Å². The second kappa shape index (κ2) is 14.3. The van der Waals surface area contributed by atoms with Crippen molar-refractivity contribution in [3.8, 4) is 33.8 Å². The molecule has 38 heavy (non-hydrogen) atoms. The van der Waals surface area contributed by atoms with Gasteiger partial charge in [-0.3, -0.25) is 0 Å². The predicted molar refractivity (Wildman–Crippen MR) is 140 cm³/mol. The highest BCUT2D eigenvalue weighted by molar-refractivity contribution is 5.81. The lowest BCUT2D eigenvalue weighted by molar-refractivity contribution is -0.138. The first kappa shape index (κ1) is 28.1. The molecule has 0 atom stereocenters. The molecule has 0 bridgehead atoms. The Balaban J connectivity index is 1.57. The molecule has 0 radical (unpaired) electrons. The second-order valence-electron chi connectivity index (χ2n) is 8.01. The Hall–Kier alpha value is -4.46. The Labute approximate surface area is 220 Å². The van der Waals surface area contributed by atoms with Crippen LogP contribution in [0, 0.1) is 11.6 Å². The third kappa shape index (κ3) is 8.30. The van der Waals surface area contributed by atoms with E-state index in [0.717, 1.165) is 12.2 Å². The molecule has 0 saturated carbocycles. The Bertz CT molecular complexity index is 1230. The van der Waals surface area contributed by atoms with Gasteiger partial charge in [0.1, 0.15) is 23.1 Å². The standard InChI is InChI=1S/C30H28F2O6/c1-3-28(33)37-17-5-15-35-24-11-7-21(8-12-24)23-19-26(31)30(27(32)20-23)22-9-13-25(14-10-22)36-16-6-18-38-29(34)4-2/h3-4,7-14,19-20H,1-2,5-6,15-18H2. The molecule has 0 fully saturated rings. The lowest BCUT2D eigenvalue weighted by Crippen LogP contribution is -2.06. The third-order valence-corrected chi connectivity index (χ3v) is 5.31. The maximum atomic E-state index is 15.0. The van der Waals surface area contributed by atoms with Gasteiger partial charge in [-0.2, -0.15) is 0 Å². The zero-order valence-electron chi connectivity index (χ0n) is 20.8. The lowest BCUT2D eigenvalue weighted by atomic mass is 9.99. The van der Waals surface area contributed by atoms with Crippen molar-refractivity contribution < 1.29 is 37.3 Å². The van der Waals surface area contributed by atoms with Crippen molar-refractivity contribution in [2.75, 3.05) is 26.4 Å². The summed E-state index contributed by atoms with van der Waals surface area (Å²) in [7, 11) is 0. The first-order chi connectivity index (χ1) is 18.4. The summed E-state index contributed by atoms with van der Waals surface area (Å²) in [6.07, 6.45) is 3.19. The van der Waals surface area contributed by atoms with Crippen molar-refractivity contribution in [3.63, 3.8) is 0 Å². The molecule has 0 aliphatic heterocycles. The number of rotatable bonds is 14. The predicted octanol–water partition coefficient (Wildman–Crippen LogP) is 6.30. The zero-order chi connectivity index (χ0) is 27.3. The highest BCUT2D eigenvalue weighted by Gasteiger charge is 2.15. The van der Waals surface area contributed by atoms with E-state index in [4.69, 9.17) is 18.9 Å². The summed E-state index contributed by atoms with van der Waals surface area (Å²) in [5, 5.41) is 0. The highest BCUT2D eigenvalue weighted by atomic mass is 19.1. The summed E-state index contributed by atoms with van der Waals surface area (Å²) < 4.78 is 50.9. The average Bonchev–Trinajstić information content (AvgIpc) is 2.93. The van der Waals surface area contributed by atoms with E-state index >= 15 is 0 Å². The van der Waals surface area contributed by atoms with Gasteiger partial charge in [-0.1, -0.05) is 37.4 Å². The van der Waals surface area contributed by atoms with E-state index in [1.807, 2.05) is 0 Å². The molecular formula is C30H28F2O6. The molecule has 0 saturated heterocycles. The number of ether oxygens (including phenoxy) is 4. The molecule has 0 heterocycles. The minimum atomic E-state index is -0.688. The first-order valence-corrected chi connectivity index (χ1v) is 11.9. The van der Waals surface area contributed by atoms with E-state index in [1.165, 1.54) is 12.1 Å². The van der Waals surface area contributed by atoms with Crippen molar-refractivity contribution in [2.45, 2.75) is 12.8 Å². The lowest BCUT2D eigenvalue weighted by Gasteiger charge is -2.11. The van der Waals surface area contributed by atoms with Gasteiger partial charge in [0.2, 0.25) is 0 Å². The number of hydrogen-bond acceptors (Lipinski definition) is 6. The van der Waals surface area contributed by atoms with Crippen molar-refractivity contribution in [3.05, 3.63) is 97.6 Å². The fourth-order valence-electron chi connectivity index (χ4n) is 3.44. The van der Waals surface area contributed by atoms with Crippen LogP contribution in [-0.4, -0.2) is 38.4 Å². The summed E-state index contributed by atoms with van der Waals surface area (Å²) in [6, 6.07) is 15.8. The van der Waals surface area contributed by atoms with Crippen LogP contribution in [0.3, 0.4) is 0 Å². The highest BCUT2D eigenvalue weighted by Crippen LogP contribution is 2.32. The molecule has 0 spiro atoms. The Morgan fingerprint density at radius 3 is 1.47 bits per heavy atom. The maximum absolute atomic E-state index is 15.0.